The van der Waals surface area contributed by atoms with Crippen molar-refractivity contribution in [2.75, 3.05) is 6.54 Å². The lowest BCUT2D eigenvalue weighted by Crippen LogP contribution is -2.48. The van der Waals surface area contributed by atoms with Gasteiger partial charge in [0.15, 0.2) is 0 Å². The van der Waals surface area contributed by atoms with Crippen LogP contribution < -0.4 is 5.32 Å². The third-order valence-electron chi connectivity index (χ3n) is 6.36. The molecule has 7 heteroatoms. The number of halogens is 1. The third-order valence-corrected chi connectivity index (χ3v) is 6.36. The van der Waals surface area contributed by atoms with Gasteiger partial charge in [-0.2, -0.15) is 5.10 Å². The van der Waals surface area contributed by atoms with Gasteiger partial charge in [-0.05, 0) is 57.6 Å². The van der Waals surface area contributed by atoms with Gasteiger partial charge < -0.3 is 15.3 Å². The van der Waals surface area contributed by atoms with Crippen LogP contribution in [0.5, 0.6) is 0 Å². The number of rotatable bonds is 3. The third kappa shape index (κ3) is 4.15. The maximum atomic E-state index is 14.1. The Morgan fingerprint density at radius 3 is 2.66 bits per heavy atom. The minimum Gasteiger partial charge on any atom is -0.390 e. The van der Waals surface area contributed by atoms with Gasteiger partial charge >= 0.3 is 6.03 Å². The summed E-state index contributed by atoms with van der Waals surface area (Å²) in [6.45, 7) is 4.79. The summed E-state index contributed by atoms with van der Waals surface area (Å²) in [4.78, 5) is 14.6. The molecule has 156 valence electrons. The standard InChI is InChI=1S/C22H29FN4O2/c1-22(2,29)16-7-9-17(10-8-16)25-21(28)26-12-11-19-15(14-26)13-24-27(19)20-6-4-3-5-18(20)23/h3-6,13,16-17,29H,7-12,14H2,1-2H3,(H,25,28). The molecule has 0 radical (unpaired) electrons. The average molecular weight is 400 g/mol. The summed E-state index contributed by atoms with van der Waals surface area (Å²) in [5, 5.41) is 17.7. The average Bonchev–Trinajstić information content (AvgIpc) is 3.11. The number of urea groups is 1. The summed E-state index contributed by atoms with van der Waals surface area (Å²) >= 11 is 0. The van der Waals surface area contributed by atoms with Gasteiger partial charge in [0.25, 0.3) is 0 Å². The van der Waals surface area contributed by atoms with E-state index in [1.54, 1.807) is 34.0 Å². The van der Waals surface area contributed by atoms with Crippen molar-refractivity contribution in [3.63, 3.8) is 0 Å². The van der Waals surface area contributed by atoms with Crippen LogP contribution in [0.15, 0.2) is 30.5 Å². The van der Waals surface area contributed by atoms with Crippen molar-refractivity contribution in [3.05, 3.63) is 47.5 Å². The second-order valence-electron chi connectivity index (χ2n) is 8.80. The number of aromatic nitrogens is 2. The molecule has 1 aromatic heterocycles. The number of hydrogen-bond donors (Lipinski definition) is 2. The molecular weight excluding hydrogens is 371 g/mol. The number of fused-ring (bicyclic) bond motifs is 1. The van der Waals surface area contributed by atoms with Gasteiger partial charge in [-0.1, -0.05) is 12.1 Å². The molecule has 2 N–H and O–H groups in total. The lowest BCUT2D eigenvalue weighted by Gasteiger charge is -2.37. The molecule has 0 unspecified atom stereocenters. The Balaban J connectivity index is 1.37. The van der Waals surface area contributed by atoms with Crippen molar-refractivity contribution in [2.24, 2.45) is 5.92 Å². The van der Waals surface area contributed by atoms with Crippen molar-refractivity contribution in [1.82, 2.24) is 20.0 Å². The van der Waals surface area contributed by atoms with Crippen molar-refractivity contribution in [1.29, 1.82) is 0 Å². The van der Waals surface area contributed by atoms with Gasteiger partial charge in [-0.15, -0.1) is 0 Å². The molecule has 1 aliphatic heterocycles. The largest absolute Gasteiger partial charge is 0.390 e. The highest BCUT2D eigenvalue weighted by Crippen LogP contribution is 2.32. The minimum absolute atomic E-state index is 0.0546. The van der Waals surface area contributed by atoms with Gasteiger partial charge in [0.1, 0.15) is 11.5 Å². The fraction of sp³-hybridized carbons (Fsp3) is 0.545. The van der Waals surface area contributed by atoms with Gasteiger partial charge in [-0.25, -0.2) is 13.9 Å². The van der Waals surface area contributed by atoms with E-state index in [4.69, 9.17) is 0 Å². The molecule has 0 atom stereocenters. The molecule has 2 aliphatic rings. The van der Waals surface area contributed by atoms with E-state index < -0.39 is 5.60 Å². The van der Waals surface area contributed by atoms with Gasteiger partial charge in [0.2, 0.25) is 0 Å². The maximum absolute atomic E-state index is 14.1. The number of carbonyl (C=O) groups is 1. The molecule has 4 rings (SSSR count). The highest BCUT2D eigenvalue weighted by molar-refractivity contribution is 5.75. The van der Waals surface area contributed by atoms with Crippen LogP contribution in [0.3, 0.4) is 0 Å². The number of benzene rings is 1. The fourth-order valence-corrected chi connectivity index (χ4v) is 4.55. The van der Waals surface area contributed by atoms with E-state index in [0.717, 1.165) is 36.9 Å². The predicted octanol–water partition coefficient (Wildman–Crippen LogP) is 3.41. The molecule has 6 nitrogen and oxygen atoms in total. The van der Waals surface area contributed by atoms with E-state index in [2.05, 4.69) is 10.4 Å². The summed E-state index contributed by atoms with van der Waals surface area (Å²) < 4.78 is 15.8. The molecule has 1 aliphatic carbocycles. The highest BCUT2D eigenvalue weighted by atomic mass is 19.1. The van der Waals surface area contributed by atoms with Crippen molar-refractivity contribution in [2.45, 2.75) is 64.1 Å². The van der Waals surface area contributed by atoms with E-state index in [-0.39, 0.29) is 23.8 Å². The second kappa shape index (κ2) is 7.78. The molecule has 2 heterocycles. The van der Waals surface area contributed by atoms with Crippen LogP contribution in [0.1, 0.15) is 50.8 Å². The van der Waals surface area contributed by atoms with Crippen LogP contribution in [0.25, 0.3) is 5.69 Å². The molecule has 0 bridgehead atoms. The molecule has 2 amide bonds. The number of nitrogens with one attached hydrogen (secondary N) is 1. The number of nitrogens with zero attached hydrogens (tertiary/aromatic N) is 3. The van der Waals surface area contributed by atoms with E-state index in [1.165, 1.54) is 6.07 Å². The molecule has 29 heavy (non-hydrogen) atoms. The highest BCUT2D eigenvalue weighted by Gasteiger charge is 2.33. The van der Waals surface area contributed by atoms with Crippen molar-refractivity contribution in [3.8, 4) is 5.69 Å². The summed E-state index contributed by atoms with van der Waals surface area (Å²) in [6.07, 6.45) is 6.01. The zero-order valence-electron chi connectivity index (χ0n) is 17.1. The van der Waals surface area contributed by atoms with Crippen LogP contribution >= 0.6 is 0 Å². The number of carbonyl (C=O) groups excluding carboxylic acids is 1. The first-order chi connectivity index (χ1) is 13.8. The molecule has 0 spiro atoms. The first-order valence-electron chi connectivity index (χ1n) is 10.4. The molecule has 2 aromatic rings. The summed E-state index contributed by atoms with van der Waals surface area (Å²) in [5.41, 5.74) is 1.71. The monoisotopic (exact) mass is 400 g/mol. The molecular formula is C22H29FN4O2. The SMILES string of the molecule is CC(C)(O)C1CCC(NC(=O)N2CCc3c(cnn3-c3ccccc3F)C2)CC1. The van der Waals surface area contributed by atoms with E-state index in [9.17, 15) is 14.3 Å². The number of para-hydroxylation sites is 1. The molecule has 1 fully saturated rings. The lowest BCUT2D eigenvalue weighted by atomic mass is 9.77. The fourth-order valence-electron chi connectivity index (χ4n) is 4.55. The normalized spacial score (nSPS) is 22.3. The summed E-state index contributed by atoms with van der Waals surface area (Å²) in [7, 11) is 0. The van der Waals surface area contributed by atoms with E-state index in [1.807, 2.05) is 13.8 Å². The van der Waals surface area contributed by atoms with Crippen LogP contribution in [-0.2, 0) is 13.0 Å². The Morgan fingerprint density at radius 1 is 1.24 bits per heavy atom. The second-order valence-corrected chi connectivity index (χ2v) is 8.80. The van der Waals surface area contributed by atoms with E-state index >= 15 is 0 Å². The molecule has 1 aromatic carbocycles. The first kappa shape index (κ1) is 19.9. The Morgan fingerprint density at radius 2 is 1.97 bits per heavy atom. The summed E-state index contributed by atoms with van der Waals surface area (Å²) in [5.74, 6) is -0.0161. The number of aliphatic hydroxyl groups is 1. The summed E-state index contributed by atoms with van der Waals surface area (Å²) in [6, 6.07) is 6.70. The van der Waals surface area contributed by atoms with Crippen LogP contribution in [-0.4, -0.2) is 44.0 Å². The maximum Gasteiger partial charge on any atom is 0.317 e. The zero-order chi connectivity index (χ0) is 20.6. The first-order valence-corrected chi connectivity index (χ1v) is 10.4. The Bertz CT molecular complexity index is 881. The topological polar surface area (TPSA) is 70.4 Å². The Kier molecular flexibility index (Phi) is 5.34. The number of amides is 2. The van der Waals surface area contributed by atoms with Gasteiger partial charge in [0, 0.05) is 24.6 Å². The van der Waals surface area contributed by atoms with Gasteiger partial charge in [0.05, 0.1) is 24.0 Å². The number of hydrogen-bond acceptors (Lipinski definition) is 3. The van der Waals surface area contributed by atoms with Crippen LogP contribution in [0.2, 0.25) is 0 Å². The molecule has 1 saturated carbocycles. The van der Waals surface area contributed by atoms with Crippen LogP contribution in [0, 0.1) is 11.7 Å². The van der Waals surface area contributed by atoms with Gasteiger partial charge in [-0.3, -0.25) is 0 Å². The molecule has 0 saturated heterocycles. The lowest BCUT2D eigenvalue weighted by molar-refractivity contribution is -0.00249. The van der Waals surface area contributed by atoms with Crippen molar-refractivity contribution >= 4 is 6.03 Å². The predicted molar refractivity (Wildman–Crippen MR) is 108 cm³/mol. The van der Waals surface area contributed by atoms with Crippen LogP contribution in [0.4, 0.5) is 9.18 Å². The Labute approximate surface area is 170 Å². The minimum atomic E-state index is -0.656. The van der Waals surface area contributed by atoms with Crippen molar-refractivity contribution < 1.29 is 14.3 Å². The smallest absolute Gasteiger partial charge is 0.317 e. The van der Waals surface area contributed by atoms with E-state index in [0.29, 0.717) is 25.2 Å². The Hall–Kier alpha value is -2.41. The zero-order valence-corrected chi connectivity index (χ0v) is 17.1. The quantitative estimate of drug-likeness (QED) is 0.830.